The number of amides is 1. The van der Waals surface area contributed by atoms with Gasteiger partial charge in [0.05, 0.1) is 6.26 Å². The Morgan fingerprint density at radius 3 is 2.81 bits per heavy atom. The van der Waals surface area contributed by atoms with E-state index in [9.17, 15) is 4.79 Å². The number of carbonyl (C=O) groups excluding carboxylic acids is 1. The van der Waals surface area contributed by atoms with Gasteiger partial charge in [-0.25, -0.2) is 0 Å². The van der Waals surface area contributed by atoms with Gasteiger partial charge in [0, 0.05) is 25.1 Å². The Balaban J connectivity index is 0.00000243. The van der Waals surface area contributed by atoms with Crippen molar-refractivity contribution in [2.75, 3.05) is 11.9 Å². The molecule has 2 aromatic heterocycles. The summed E-state index contributed by atoms with van der Waals surface area (Å²) in [6, 6.07) is 11.3. The molecule has 2 heterocycles. The van der Waals surface area contributed by atoms with Gasteiger partial charge in [-0.15, -0.1) is 12.4 Å². The molecule has 138 valence electrons. The molecule has 0 saturated carbocycles. The number of aromatic nitrogens is 2. The normalized spacial score (nSPS) is 10.3. The summed E-state index contributed by atoms with van der Waals surface area (Å²) < 4.78 is 10.4. The summed E-state index contributed by atoms with van der Waals surface area (Å²) in [5, 5.41) is 10.0. The molecule has 26 heavy (non-hydrogen) atoms. The first kappa shape index (κ1) is 19.7. The van der Waals surface area contributed by atoms with Crippen LogP contribution in [0.3, 0.4) is 0 Å². The van der Waals surface area contributed by atoms with Gasteiger partial charge in [-0.2, -0.15) is 4.98 Å². The van der Waals surface area contributed by atoms with E-state index in [2.05, 4.69) is 20.8 Å². The van der Waals surface area contributed by atoms with E-state index in [0.29, 0.717) is 30.4 Å². The Morgan fingerprint density at radius 2 is 2.04 bits per heavy atom. The maximum atomic E-state index is 12.2. The van der Waals surface area contributed by atoms with Crippen molar-refractivity contribution in [2.24, 2.45) is 0 Å². The Morgan fingerprint density at radius 1 is 1.19 bits per heavy atom. The predicted octanol–water partition coefficient (Wildman–Crippen LogP) is 3.43. The van der Waals surface area contributed by atoms with Gasteiger partial charge in [-0.05, 0) is 30.3 Å². The number of carbonyl (C=O) groups is 1. The molecule has 2 N–H and O–H groups in total. The first-order valence-electron chi connectivity index (χ1n) is 8.21. The second-order valence-electron chi connectivity index (χ2n) is 5.47. The molecule has 0 atom stereocenters. The molecule has 0 spiro atoms. The number of rotatable bonds is 8. The van der Waals surface area contributed by atoms with Crippen LogP contribution in [0.4, 0.5) is 5.69 Å². The summed E-state index contributed by atoms with van der Waals surface area (Å²) in [7, 11) is 0. The van der Waals surface area contributed by atoms with Crippen molar-refractivity contribution in [2.45, 2.75) is 26.3 Å². The zero-order chi connectivity index (χ0) is 17.5. The van der Waals surface area contributed by atoms with E-state index in [0.717, 1.165) is 17.8 Å². The lowest BCUT2D eigenvalue weighted by Crippen LogP contribution is -2.17. The maximum Gasteiger partial charge on any atom is 0.238 e. The number of benzene rings is 1. The summed E-state index contributed by atoms with van der Waals surface area (Å²) in [4.78, 5) is 16.4. The monoisotopic (exact) mass is 376 g/mol. The second kappa shape index (κ2) is 9.74. The maximum absolute atomic E-state index is 12.2. The SMILES string of the molecule is CCNCc1ccccc1NC(=O)CCc1nc(-c2ccco2)no1.Cl. The predicted molar refractivity (Wildman–Crippen MR) is 100 cm³/mol. The Labute approximate surface area is 157 Å². The van der Waals surface area contributed by atoms with Gasteiger partial charge < -0.3 is 19.6 Å². The molecule has 3 rings (SSSR count). The Bertz CT molecular complexity index is 817. The van der Waals surface area contributed by atoms with Gasteiger partial charge in [0.25, 0.3) is 0 Å². The summed E-state index contributed by atoms with van der Waals surface area (Å²) in [6.45, 7) is 3.63. The summed E-state index contributed by atoms with van der Waals surface area (Å²) in [5.41, 5.74) is 1.87. The lowest BCUT2D eigenvalue weighted by Gasteiger charge is -2.11. The fourth-order valence-corrected chi connectivity index (χ4v) is 2.35. The molecule has 0 fully saturated rings. The van der Waals surface area contributed by atoms with Crippen molar-refractivity contribution in [3.05, 3.63) is 54.1 Å². The van der Waals surface area contributed by atoms with Gasteiger partial charge in [0.2, 0.25) is 17.6 Å². The lowest BCUT2D eigenvalue weighted by molar-refractivity contribution is -0.116. The van der Waals surface area contributed by atoms with Crippen LogP contribution in [0, 0.1) is 0 Å². The van der Waals surface area contributed by atoms with Crippen LogP contribution in [0.15, 0.2) is 51.6 Å². The first-order chi connectivity index (χ1) is 12.3. The highest BCUT2D eigenvalue weighted by atomic mass is 35.5. The minimum atomic E-state index is -0.0957. The summed E-state index contributed by atoms with van der Waals surface area (Å²) in [5.74, 6) is 1.23. The van der Waals surface area contributed by atoms with Crippen molar-refractivity contribution < 1.29 is 13.7 Å². The summed E-state index contributed by atoms with van der Waals surface area (Å²) >= 11 is 0. The second-order valence-corrected chi connectivity index (χ2v) is 5.47. The van der Waals surface area contributed by atoms with E-state index in [1.165, 1.54) is 0 Å². The number of anilines is 1. The third kappa shape index (κ3) is 5.18. The van der Waals surface area contributed by atoms with Crippen LogP contribution in [0.5, 0.6) is 0 Å². The molecule has 1 aromatic carbocycles. The van der Waals surface area contributed by atoms with Crippen molar-refractivity contribution in [1.29, 1.82) is 0 Å². The number of furan rings is 1. The van der Waals surface area contributed by atoms with Crippen molar-refractivity contribution >= 4 is 24.0 Å². The third-order valence-corrected chi connectivity index (χ3v) is 3.63. The van der Waals surface area contributed by atoms with Crippen LogP contribution in [0.1, 0.15) is 24.8 Å². The first-order valence-corrected chi connectivity index (χ1v) is 8.21. The van der Waals surface area contributed by atoms with Crippen LogP contribution in [0.25, 0.3) is 11.6 Å². The van der Waals surface area contributed by atoms with E-state index < -0.39 is 0 Å². The quantitative estimate of drug-likeness (QED) is 0.625. The Kier molecular flexibility index (Phi) is 7.37. The molecule has 0 radical (unpaired) electrons. The van der Waals surface area contributed by atoms with Crippen LogP contribution < -0.4 is 10.6 Å². The van der Waals surface area contributed by atoms with Gasteiger partial charge in [0.15, 0.2) is 5.76 Å². The van der Waals surface area contributed by atoms with E-state index in [1.807, 2.05) is 31.2 Å². The number of halogens is 1. The third-order valence-electron chi connectivity index (χ3n) is 3.63. The number of para-hydroxylation sites is 1. The molecule has 7 nitrogen and oxygen atoms in total. The molecule has 0 unspecified atom stereocenters. The van der Waals surface area contributed by atoms with Crippen molar-refractivity contribution in [3.63, 3.8) is 0 Å². The molecule has 1 amide bonds. The molecule has 0 bridgehead atoms. The Hall–Kier alpha value is -2.64. The highest BCUT2D eigenvalue weighted by molar-refractivity contribution is 5.91. The van der Waals surface area contributed by atoms with Gasteiger partial charge >= 0.3 is 0 Å². The largest absolute Gasteiger partial charge is 0.461 e. The van der Waals surface area contributed by atoms with Gasteiger partial charge in [0.1, 0.15) is 0 Å². The molecule has 3 aromatic rings. The standard InChI is InChI=1S/C18H20N4O3.ClH/c1-2-19-12-13-6-3-4-7-14(13)20-16(23)9-10-17-21-18(22-25-17)15-8-5-11-24-15;/h3-8,11,19H,2,9-10,12H2,1H3,(H,20,23);1H. The highest BCUT2D eigenvalue weighted by Crippen LogP contribution is 2.17. The minimum absolute atomic E-state index is 0. The van der Waals surface area contributed by atoms with E-state index in [-0.39, 0.29) is 24.7 Å². The number of hydrogen-bond acceptors (Lipinski definition) is 6. The fourth-order valence-electron chi connectivity index (χ4n) is 2.35. The lowest BCUT2D eigenvalue weighted by atomic mass is 10.1. The number of hydrogen-bond donors (Lipinski definition) is 2. The molecule has 8 heteroatoms. The zero-order valence-corrected chi connectivity index (χ0v) is 15.2. The molecular formula is C18H21ClN4O3. The van der Waals surface area contributed by atoms with Crippen LogP contribution in [-0.2, 0) is 17.8 Å². The zero-order valence-electron chi connectivity index (χ0n) is 14.4. The van der Waals surface area contributed by atoms with Crippen LogP contribution in [-0.4, -0.2) is 22.6 Å². The molecular weight excluding hydrogens is 356 g/mol. The molecule has 0 aliphatic heterocycles. The summed E-state index contributed by atoms with van der Waals surface area (Å²) in [6.07, 6.45) is 2.17. The van der Waals surface area contributed by atoms with Gasteiger partial charge in [-0.1, -0.05) is 30.3 Å². The minimum Gasteiger partial charge on any atom is -0.461 e. The molecule has 0 aliphatic carbocycles. The average Bonchev–Trinajstić information content (AvgIpc) is 3.30. The smallest absolute Gasteiger partial charge is 0.238 e. The molecule has 0 saturated heterocycles. The number of nitrogens with zero attached hydrogens (tertiary/aromatic N) is 2. The number of aryl methyl sites for hydroxylation is 1. The van der Waals surface area contributed by atoms with E-state index in [4.69, 9.17) is 8.94 Å². The van der Waals surface area contributed by atoms with Crippen LogP contribution in [0.2, 0.25) is 0 Å². The fraction of sp³-hybridized carbons (Fsp3) is 0.278. The van der Waals surface area contributed by atoms with Crippen LogP contribution >= 0.6 is 12.4 Å². The topological polar surface area (TPSA) is 93.2 Å². The average molecular weight is 377 g/mol. The highest BCUT2D eigenvalue weighted by Gasteiger charge is 2.13. The van der Waals surface area contributed by atoms with E-state index >= 15 is 0 Å². The van der Waals surface area contributed by atoms with Gasteiger partial charge in [-0.3, -0.25) is 4.79 Å². The number of nitrogens with one attached hydrogen (secondary N) is 2. The molecule has 0 aliphatic rings. The van der Waals surface area contributed by atoms with Crippen molar-refractivity contribution in [3.8, 4) is 11.6 Å². The van der Waals surface area contributed by atoms with Crippen molar-refractivity contribution in [1.82, 2.24) is 15.5 Å². The van der Waals surface area contributed by atoms with E-state index in [1.54, 1.807) is 18.4 Å².